The van der Waals surface area contributed by atoms with Crippen molar-refractivity contribution < 1.29 is 9.59 Å². The van der Waals surface area contributed by atoms with Gasteiger partial charge in [-0.05, 0) is 56.5 Å². The minimum atomic E-state index is -0.107. The summed E-state index contributed by atoms with van der Waals surface area (Å²) in [5.74, 6) is 0.0675. The zero-order valence-electron chi connectivity index (χ0n) is 14.8. The molecule has 1 aromatic rings. The van der Waals surface area contributed by atoms with Crippen LogP contribution in [-0.2, 0) is 4.79 Å². The molecule has 132 valence electrons. The van der Waals surface area contributed by atoms with Crippen molar-refractivity contribution in [2.75, 3.05) is 25.0 Å². The molecule has 5 nitrogen and oxygen atoms in total. The Morgan fingerprint density at radius 3 is 2.33 bits per heavy atom. The number of anilines is 1. The standard InChI is InChI=1S/C19H29N3O2/c1-3-13-22(14-4-2)19(24)15-8-10-16(11-9-15)21-18(23)17-7-5-6-12-20-17/h8-11,17,20H,3-7,12-14H2,1-2H3,(H,21,23). The van der Waals surface area contributed by atoms with Gasteiger partial charge in [0, 0.05) is 24.3 Å². The molecule has 2 rings (SSSR count). The summed E-state index contributed by atoms with van der Waals surface area (Å²) in [7, 11) is 0. The monoisotopic (exact) mass is 331 g/mol. The molecule has 5 heteroatoms. The van der Waals surface area contributed by atoms with E-state index in [4.69, 9.17) is 0 Å². The molecule has 0 radical (unpaired) electrons. The van der Waals surface area contributed by atoms with E-state index >= 15 is 0 Å². The van der Waals surface area contributed by atoms with Crippen LogP contribution in [0.1, 0.15) is 56.3 Å². The zero-order valence-corrected chi connectivity index (χ0v) is 14.8. The van der Waals surface area contributed by atoms with Crippen molar-refractivity contribution in [3.8, 4) is 0 Å². The molecule has 1 heterocycles. The minimum Gasteiger partial charge on any atom is -0.339 e. The van der Waals surface area contributed by atoms with Crippen molar-refractivity contribution in [3.05, 3.63) is 29.8 Å². The number of nitrogens with zero attached hydrogens (tertiary/aromatic N) is 1. The number of piperidine rings is 1. The van der Waals surface area contributed by atoms with Gasteiger partial charge in [0.05, 0.1) is 6.04 Å². The number of benzene rings is 1. The minimum absolute atomic E-state index is 0.00682. The summed E-state index contributed by atoms with van der Waals surface area (Å²) >= 11 is 0. The number of rotatable bonds is 7. The number of carbonyl (C=O) groups excluding carboxylic acids is 2. The molecule has 1 aromatic carbocycles. The Morgan fingerprint density at radius 2 is 1.79 bits per heavy atom. The van der Waals surface area contributed by atoms with Crippen LogP contribution in [0.5, 0.6) is 0 Å². The maximum absolute atomic E-state index is 12.5. The molecule has 0 bridgehead atoms. The first-order chi connectivity index (χ1) is 11.7. The Hall–Kier alpha value is -1.88. The molecule has 1 aliphatic rings. The van der Waals surface area contributed by atoms with E-state index < -0.39 is 0 Å². The highest BCUT2D eigenvalue weighted by Gasteiger charge is 2.20. The Morgan fingerprint density at radius 1 is 1.12 bits per heavy atom. The van der Waals surface area contributed by atoms with E-state index in [-0.39, 0.29) is 17.9 Å². The summed E-state index contributed by atoms with van der Waals surface area (Å²) in [4.78, 5) is 26.6. The van der Waals surface area contributed by atoms with E-state index in [1.54, 1.807) is 12.1 Å². The number of carbonyl (C=O) groups is 2. The van der Waals surface area contributed by atoms with E-state index in [2.05, 4.69) is 24.5 Å². The average molecular weight is 331 g/mol. The number of hydrogen-bond acceptors (Lipinski definition) is 3. The molecule has 24 heavy (non-hydrogen) atoms. The van der Waals surface area contributed by atoms with Gasteiger partial charge in [0.25, 0.3) is 5.91 Å². The Labute approximate surface area is 144 Å². The third-order valence-corrected chi connectivity index (χ3v) is 4.30. The normalized spacial score (nSPS) is 17.3. The van der Waals surface area contributed by atoms with Crippen LogP contribution in [0.3, 0.4) is 0 Å². The average Bonchev–Trinajstić information content (AvgIpc) is 2.62. The quantitative estimate of drug-likeness (QED) is 0.807. The summed E-state index contributed by atoms with van der Waals surface area (Å²) in [6, 6.07) is 7.10. The zero-order chi connectivity index (χ0) is 17.4. The fraction of sp³-hybridized carbons (Fsp3) is 0.579. The molecule has 0 saturated carbocycles. The second-order valence-corrected chi connectivity index (χ2v) is 6.36. The second kappa shape index (κ2) is 9.42. The van der Waals surface area contributed by atoms with Gasteiger partial charge in [0.2, 0.25) is 5.91 Å². The lowest BCUT2D eigenvalue weighted by atomic mass is 10.0. The molecule has 1 fully saturated rings. The summed E-state index contributed by atoms with van der Waals surface area (Å²) in [5.41, 5.74) is 1.41. The highest BCUT2D eigenvalue weighted by Crippen LogP contribution is 2.14. The Balaban J connectivity index is 1.96. The second-order valence-electron chi connectivity index (χ2n) is 6.36. The SMILES string of the molecule is CCCN(CCC)C(=O)c1ccc(NC(=O)C2CCCCN2)cc1. The van der Waals surface area contributed by atoms with E-state index in [1.165, 1.54) is 0 Å². The fourth-order valence-electron chi connectivity index (χ4n) is 3.04. The molecule has 0 aliphatic carbocycles. The maximum atomic E-state index is 12.5. The number of nitrogens with one attached hydrogen (secondary N) is 2. The van der Waals surface area contributed by atoms with Crippen molar-refractivity contribution in [1.29, 1.82) is 0 Å². The molecular weight excluding hydrogens is 302 g/mol. The van der Waals surface area contributed by atoms with Crippen molar-refractivity contribution in [1.82, 2.24) is 10.2 Å². The summed E-state index contributed by atoms with van der Waals surface area (Å²) in [5, 5.41) is 6.17. The molecule has 2 N–H and O–H groups in total. The first kappa shape index (κ1) is 18.5. The summed E-state index contributed by atoms with van der Waals surface area (Å²) < 4.78 is 0. The maximum Gasteiger partial charge on any atom is 0.253 e. The Kier molecular flexibility index (Phi) is 7.25. The van der Waals surface area contributed by atoms with Gasteiger partial charge in [-0.2, -0.15) is 0 Å². The number of amides is 2. The molecule has 0 aromatic heterocycles. The Bertz CT molecular complexity index is 530. The van der Waals surface area contributed by atoms with Crippen molar-refractivity contribution >= 4 is 17.5 Å². The smallest absolute Gasteiger partial charge is 0.253 e. The van der Waals surface area contributed by atoms with Gasteiger partial charge < -0.3 is 15.5 Å². The lowest BCUT2D eigenvalue weighted by Gasteiger charge is -2.23. The van der Waals surface area contributed by atoms with Crippen LogP contribution in [0.4, 0.5) is 5.69 Å². The summed E-state index contributed by atoms with van der Waals surface area (Å²) in [6.45, 7) is 6.61. The van der Waals surface area contributed by atoms with Crippen molar-refractivity contribution in [3.63, 3.8) is 0 Å². The predicted molar refractivity (Wildman–Crippen MR) is 97.2 cm³/mol. The van der Waals surface area contributed by atoms with Gasteiger partial charge in [-0.3, -0.25) is 9.59 Å². The van der Waals surface area contributed by atoms with Gasteiger partial charge in [0.1, 0.15) is 0 Å². The van der Waals surface area contributed by atoms with E-state index in [9.17, 15) is 9.59 Å². The van der Waals surface area contributed by atoms with Gasteiger partial charge in [0.15, 0.2) is 0 Å². The van der Waals surface area contributed by atoms with Gasteiger partial charge in [-0.25, -0.2) is 0 Å². The molecule has 1 aliphatic heterocycles. The van der Waals surface area contributed by atoms with Crippen LogP contribution in [0.2, 0.25) is 0 Å². The number of hydrogen-bond donors (Lipinski definition) is 2. The van der Waals surface area contributed by atoms with Gasteiger partial charge >= 0.3 is 0 Å². The molecular formula is C19H29N3O2. The van der Waals surface area contributed by atoms with Crippen molar-refractivity contribution in [2.45, 2.75) is 52.0 Å². The topological polar surface area (TPSA) is 61.4 Å². The molecule has 1 saturated heterocycles. The molecule has 0 spiro atoms. The third-order valence-electron chi connectivity index (χ3n) is 4.30. The van der Waals surface area contributed by atoms with E-state index in [1.807, 2.05) is 17.0 Å². The van der Waals surface area contributed by atoms with Gasteiger partial charge in [-0.1, -0.05) is 20.3 Å². The van der Waals surface area contributed by atoms with Crippen LogP contribution >= 0.6 is 0 Å². The summed E-state index contributed by atoms with van der Waals surface area (Å²) in [6.07, 6.45) is 5.00. The largest absolute Gasteiger partial charge is 0.339 e. The van der Waals surface area contributed by atoms with Crippen LogP contribution in [-0.4, -0.2) is 42.4 Å². The molecule has 1 atom stereocenters. The highest BCUT2D eigenvalue weighted by atomic mass is 16.2. The lowest BCUT2D eigenvalue weighted by molar-refractivity contribution is -0.118. The van der Waals surface area contributed by atoms with Crippen LogP contribution in [0, 0.1) is 0 Å². The molecule has 2 amide bonds. The first-order valence-electron chi connectivity index (χ1n) is 9.09. The third kappa shape index (κ3) is 5.06. The first-order valence-corrected chi connectivity index (χ1v) is 9.09. The predicted octanol–water partition coefficient (Wildman–Crippen LogP) is 3.03. The van der Waals surface area contributed by atoms with E-state index in [0.717, 1.165) is 57.4 Å². The van der Waals surface area contributed by atoms with Crippen LogP contribution in [0.15, 0.2) is 24.3 Å². The fourth-order valence-corrected chi connectivity index (χ4v) is 3.04. The lowest BCUT2D eigenvalue weighted by Crippen LogP contribution is -2.43. The van der Waals surface area contributed by atoms with Crippen LogP contribution in [0.25, 0.3) is 0 Å². The van der Waals surface area contributed by atoms with Gasteiger partial charge in [-0.15, -0.1) is 0 Å². The molecule has 1 unspecified atom stereocenters. The highest BCUT2D eigenvalue weighted by molar-refractivity contribution is 5.97. The van der Waals surface area contributed by atoms with Crippen molar-refractivity contribution in [2.24, 2.45) is 0 Å². The van der Waals surface area contributed by atoms with E-state index in [0.29, 0.717) is 5.56 Å². The van der Waals surface area contributed by atoms with Crippen LogP contribution < -0.4 is 10.6 Å².